The zero-order valence-corrected chi connectivity index (χ0v) is 14.9. The van der Waals surface area contributed by atoms with Gasteiger partial charge in [0.2, 0.25) is 5.91 Å². The summed E-state index contributed by atoms with van der Waals surface area (Å²) in [6, 6.07) is 5.47. The Balaban J connectivity index is 2.14. The van der Waals surface area contributed by atoms with Crippen LogP contribution in [0, 0.1) is 25.5 Å². The number of hydrogen-bond acceptors (Lipinski definition) is 4. The molecule has 0 fully saturated rings. The molecule has 0 aliphatic carbocycles. The van der Waals surface area contributed by atoms with Crippen LogP contribution >= 0.6 is 12.2 Å². The number of nitrogens with zero attached hydrogens (tertiary/aromatic N) is 1. The van der Waals surface area contributed by atoms with Gasteiger partial charge in [0.05, 0.1) is 12.1 Å². The minimum atomic E-state index is -0.341. The third-order valence-electron chi connectivity index (χ3n) is 3.55. The maximum Gasteiger partial charge on any atom is 0.251 e. The molecule has 0 aliphatic heterocycles. The van der Waals surface area contributed by atoms with Crippen molar-refractivity contribution in [3.8, 4) is 0 Å². The zero-order valence-electron chi connectivity index (χ0n) is 14.1. The van der Waals surface area contributed by atoms with E-state index in [9.17, 15) is 9.59 Å². The first-order valence-corrected chi connectivity index (χ1v) is 7.91. The maximum absolute atomic E-state index is 12.0. The SMILES string of the molecule is C/C(=N/NC(=O)Cc1cc(=O)[nH]c(=S)[nH]1)c1c(C)cc(C)cc1C. The first kappa shape index (κ1) is 17.8. The lowest BCUT2D eigenvalue weighted by Crippen LogP contribution is -2.23. The van der Waals surface area contributed by atoms with Gasteiger partial charge < -0.3 is 4.98 Å². The second-order valence-electron chi connectivity index (χ2n) is 5.80. The van der Waals surface area contributed by atoms with Gasteiger partial charge in [-0.15, -0.1) is 0 Å². The van der Waals surface area contributed by atoms with Crippen LogP contribution < -0.4 is 11.0 Å². The predicted molar refractivity (Wildman–Crippen MR) is 97.0 cm³/mol. The number of carbonyl (C=O) groups excluding carboxylic acids is 1. The van der Waals surface area contributed by atoms with Gasteiger partial charge in [-0.05, 0) is 51.0 Å². The second kappa shape index (κ2) is 7.35. The van der Waals surface area contributed by atoms with Crippen molar-refractivity contribution in [3.05, 3.63) is 61.3 Å². The third kappa shape index (κ3) is 4.48. The summed E-state index contributed by atoms with van der Waals surface area (Å²) in [5.41, 5.74) is 7.79. The molecule has 24 heavy (non-hydrogen) atoms. The van der Waals surface area contributed by atoms with E-state index in [0.29, 0.717) is 5.69 Å². The molecule has 0 atom stereocenters. The number of aryl methyl sites for hydroxylation is 3. The van der Waals surface area contributed by atoms with Gasteiger partial charge in [-0.25, -0.2) is 5.43 Å². The number of nitrogens with one attached hydrogen (secondary N) is 3. The highest BCUT2D eigenvalue weighted by Crippen LogP contribution is 2.17. The number of benzene rings is 1. The molecule has 0 saturated heterocycles. The summed E-state index contributed by atoms with van der Waals surface area (Å²) >= 11 is 4.88. The van der Waals surface area contributed by atoms with E-state index in [1.165, 1.54) is 11.6 Å². The quantitative estimate of drug-likeness (QED) is 0.452. The fourth-order valence-electron chi connectivity index (χ4n) is 2.78. The van der Waals surface area contributed by atoms with E-state index in [2.05, 4.69) is 32.6 Å². The molecule has 6 nitrogen and oxygen atoms in total. The van der Waals surface area contributed by atoms with Crippen LogP contribution in [0.25, 0.3) is 0 Å². The van der Waals surface area contributed by atoms with Gasteiger partial charge in [0.15, 0.2) is 4.77 Å². The molecule has 1 amide bonds. The zero-order chi connectivity index (χ0) is 17.9. The molecule has 0 bridgehead atoms. The van der Waals surface area contributed by atoms with E-state index in [4.69, 9.17) is 12.2 Å². The van der Waals surface area contributed by atoms with Crippen LogP contribution in [0.2, 0.25) is 0 Å². The average Bonchev–Trinajstić information content (AvgIpc) is 2.42. The monoisotopic (exact) mass is 344 g/mol. The summed E-state index contributed by atoms with van der Waals surface area (Å²) in [5, 5.41) is 4.18. The number of carbonyl (C=O) groups is 1. The molecule has 7 heteroatoms. The van der Waals surface area contributed by atoms with E-state index in [1.807, 2.05) is 27.7 Å². The summed E-state index contributed by atoms with van der Waals surface area (Å²) in [5.74, 6) is -0.326. The van der Waals surface area contributed by atoms with Crippen LogP contribution in [0.3, 0.4) is 0 Å². The van der Waals surface area contributed by atoms with Gasteiger partial charge >= 0.3 is 0 Å². The molecule has 126 valence electrons. The Bertz CT molecular complexity index is 873. The molecule has 0 radical (unpaired) electrons. The summed E-state index contributed by atoms with van der Waals surface area (Å²) in [6.07, 6.45) is -0.00377. The molecule has 1 aromatic heterocycles. The summed E-state index contributed by atoms with van der Waals surface area (Å²) in [6.45, 7) is 7.94. The largest absolute Gasteiger partial charge is 0.335 e. The van der Waals surface area contributed by atoms with Crippen LogP contribution in [0.15, 0.2) is 28.1 Å². The molecular weight excluding hydrogens is 324 g/mol. The molecule has 0 saturated carbocycles. The van der Waals surface area contributed by atoms with E-state index >= 15 is 0 Å². The fraction of sp³-hybridized carbons (Fsp3) is 0.294. The summed E-state index contributed by atoms with van der Waals surface area (Å²) in [4.78, 5) is 28.5. The van der Waals surface area contributed by atoms with Gasteiger partial charge in [-0.1, -0.05) is 17.7 Å². The van der Waals surface area contributed by atoms with Gasteiger partial charge in [0, 0.05) is 17.3 Å². The number of H-pyrrole nitrogens is 2. The highest BCUT2D eigenvalue weighted by Gasteiger charge is 2.09. The van der Waals surface area contributed by atoms with Crippen LogP contribution in [-0.4, -0.2) is 21.6 Å². The highest BCUT2D eigenvalue weighted by atomic mass is 32.1. The van der Waals surface area contributed by atoms with Crippen molar-refractivity contribution in [3.63, 3.8) is 0 Å². The Kier molecular flexibility index (Phi) is 5.46. The Morgan fingerprint density at radius 3 is 2.38 bits per heavy atom. The van der Waals surface area contributed by atoms with Crippen LogP contribution in [0.4, 0.5) is 0 Å². The minimum Gasteiger partial charge on any atom is -0.335 e. The molecule has 0 unspecified atom stereocenters. The third-order valence-corrected chi connectivity index (χ3v) is 3.76. The van der Waals surface area contributed by atoms with Crippen molar-refractivity contribution < 1.29 is 4.79 Å². The first-order valence-electron chi connectivity index (χ1n) is 7.50. The number of amides is 1. The number of hydrogen-bond donors (Lipinski definition) is 3. The van der Waals surface area contributed by atoms with Crippen molar-refractivity contribution in [2.24, 2.45) is 5.10 Å². The number of aromatic amines is 2. The molecule has 2 aromatic rings. The number of hydrazone groups is 1. The number of rotatable bonds is 4. The summed E-state index contributed by atoms with van der Waals surface area (Å²) < 4.78 is 0.191. The highest BCUT2D eigenvalue weighted by molar-refractivity contribution is 7.71. The van der Waals surface area contributed by atoms with Crippen LogP contribution in [0.5, 0.6) is 0 Å². The average molecular weight is 344 g/mol. The molecular formula is C17H20N4O2S. The lowest BCUT2D eigenvalue weighted by atomic mass is 9.97. The van der Waals surface area contributed by atoms with Gasteiger partial charge in [0.25, 0.3) is 5.56 Å². The topological polar surface area (TPSA) is 90.1 Å². The number of aromatic nitrogens is 2. The van der Waals surface area contributed by atoms with Gasteiger partial charge in [-0.2, -0.15) is 5.10 Å². The predicted octanol–water partition coefficient (Wildman–Crippen LogP) is 2.44. The van der Waals surface area contributed by atoms with Crippen molar-refractivity contribution in [2.75, 3.05) is 0 Å². The first-order chi connectivity index (χ1) is 11.3. The minimum absolute atomic E-state index is 0.00377. The van der Waals surface area contributed by atoms with Crippen molar-refractivity contribution >= 4 is 23.8 Å². The normalized spacial score (nSPS) is 11.4. The standard InChI is InChI=1S/C17H20N4O2S/c1-9-5-10(2)16(11(3)6-9)12(4)20-21-15(23)8-13-7-14(22)19-17(24)18-13/h5-7H,8H2,1-4H3,(H,21,23)(H2,18,19,22,24)/b20-12-. The molecule has 2 rings (SSSR count). The lowest BCUT2D eigenvalue weighted by molar-refractivity contribution is -0.120. The molecule has 3 N–H and O–H groups in total. The fourth-order valence-corrected chi connectivity index (χ4v) is 3.01. The van der Waals surface area contributed by atoms with Crippen molar-refractivity contribution in [1.82, 2.24) is 15.4 Å². The van der Waals surface area contributed by atoms with Crippen LogP contribution in [0.1, 0.15) is 34.9 Å². The smallest absolute Gasteiger partial charge is 0.251 e. The van der Waals surface area contributed by atoms with E-state index < -0.39 is 0 Å². The van der Waals surface area contributed by atoms with E-state index in [-0.39, 0.29) is 22.7 Å². The second-order valence-corrected chi connectivity index (χ2v) is 6.20. The molecule has 1 aromatic carbocycles. The van der Waals surface area contributed by atoms with Gasteiger partial charge in [-0.3, -0.25) is 14.6 Å². The molecule has 1 heterocycles. The van der Waals surface area contributed by atoms with Gasteiger partial charge in [0.1, 0.15) is 0 Å². The van der Waals surface area contributed by atoms with E-state index in [0.717, 1.165) is 22.4 Å². The Hall–Kier alpha value is -2.54. The summed E-state index contributed by atoms with van der Waals surface area (Å²) in [7, 11) is 0. The Morgan fingerprint density at radius 1 is 1.17 bits per heavy atom. The Morgan fingerprint density at radius 2 is 1.79 bits per heavy atom. The maximum atomic E-state index is 12.0. The van der Waals surface area contributed by atoms with E-state index in [1.54, 1.807) is 0 Å². The van der Waals surface area contributed by atoms with Crippen LogP contribution in [-0.2, 0) is 11.2 Å². The molecule has 0 aliphatic rings. The molecule has 0 spiro atoms. The van der Waals surface area contributed by atoms with Crippen molar-refractivity contribution in [1.29, 1.82) is 0 Å². The van der Waals surface area contributed by atoms with Crippen molar-refractivity contribution in [2.45, 2.75) is 34.1 Å². The Labute approximate surface area is 145 Å². The lowest BCUT2D eigenvalue weighted by Gasteiger charge is -2.11.